The van der Waals surface area contributed by atoms with E-state index < -0.39 is 14.9 Å². The van der Waals surface area contributed by atoms with E-state index in [1.54, 1.807) is 24.3 Å². The number of rotatable bonds is 5. The first kappa shape index (κ1) is 14.9. The van der Waals surface area contributed by atoms with Crippen molar-refractivity contribution in [3.63, 3.8) is 0 Å². The molecule has 0 aliphatic rings. The molecule has 0 saturated heterocycles. The summed E-state index contributed by atoms with van der Waals surface area (Å²) in [5, 5.41) is 18.6. The Balaban J connectivity index is 2.01. The van der Waals surface area contributed by atoms with Crippen LogP contribution in [0.3, 0.4) is 0 Å². The first-order chi connectivity index (χ1) is 9.86. The van der Waals surface area contributed by atoms with Gasteiger partial charge in [-0.15, -0.1) is 0 Å². The molecule has 0 unspecified atom stereocenters. The molecule has 0 atom stereocenters. The van der Waals surface area contributed by atoms with Gasteiger partial charge in [0.1, 0.15) is 0 Å². The van der Waals surface area contributed by atoms with E-state index in [0.29, 0.717) is 6.54 Å². The van der Waals surface area contributed by atoms with Crippen molar-refractivity contribution >= 4 is 21.4 Å². The Morgan fingerprint density at radius 1 is 1.05 bits per heavy atom. The van der Waals surface area contributed by atoms with Gasteiger partial charge >= 0.3 is 0 Å². The van der Waals surface area contributed by atoms with Crippen LogP contribution in [0.15, 0.2) is 53.4 Å². The highest BCUT2D eigenvalue weighted by Crippen LogP contribution is 2.16. The molecule has 0 aliphatic heterocycles. The van der Waals surface area contributed by atoms with E-state index in [4.69, 9.17) is 5.14 Å². The van der Waals surface area contributed by atoms with Crippen molar-refractivity contribution in [2.45, 2.75) is 11.4 Å². The predicted octanol–water partition coefficient (Wildman–Crippen LogP) is 1.85. The second kappa shape index (κ2) is 5.90. The third-order valence-corrected chi connectivity index (χ3v) is 3.76. The fourth-order valence-electron chi connectivity index (χ4n) is 1.70. The van der Waals surface area contributed by atoms with Crippen LogP contribution in [0.1, 0.15) is 5.56 Å². The molecule has 0 radical (unpaired) electrons. The number of nitrogens with zero attached hydrogens (tertiary/aromatic N) is 1. The number of benzene rings is 2. The fraction of sp³-hybridized carbons (Fsp3) is 0.0769. The second-order valence-electron chi connectivity index (χ2n) is 4.35. The summed E-state index contributed by atoms with van der Waals surface area (Å²) in [6, 6.07) is 12.2. The van der Waals surface area contributed by atoms with Gasteiger partial charge in [0.15, 0.2) is 0 Å². The Labute approximate surface area is 121 Å². The number of hydrogen-bond donors (Lipinski definition) is 2. The molecule has 0 fully saturated rings. The lowest BCUT2D eigenvalue weighted by atomic mass is 10.2. The van der Waals surface area contributed by atoms with Crippen LogP contribution in [0, 0.1) is 10.1 Å². The molecular weight excluding hydrogens is 294 g/mol. The first-order valence-corrected chi connectivity index (χ1v) is 7.51. The van der Waals surface area contributed by atoms with Crippen molar-refractivity contribution < 1.29 is 13.3 Å². The summed E-state index contributed by atoms with van der Waals surface area (Å²) in [7, 11) is -3.68. The van der Waals surface area contributed by atoms with E-state index in [0.717, 1.165) is 11.3 Å². The van der Waals surface area contributed by atoms with Gasteiger partial charge in [-0.1, -0.05) is 12.1 Å². The van der Waals surface area contributed by atoms with Crippen molar-refractivity contribution in [2.75, 3.05) is 5.32 Å². The second-order valence-corrected chi connectivity index (χ2v) is 5.91. The van der Waals surface area contributed by atoms with E-state index in [1.165, 1.54) is 24.3 Å². The van der Waals surface area contributed by atoms with Gasteiger partial charge in [-0.05, 0) is 29.8 Å². The lowest BCUT2D eigenvalue weighted by Gasteiger charge is -2.07. The molecule has 7 nitrogen and oxygen atoms in total. The maximum atomic E-state index is 11.1. The largest absolute Gasteiger partial charge is 0.381 e. The molecule has 0 aliphatic carbocycles. The van der Waals surface area contributed by atoms with Crippen LogP contribution in [-0.4, -0.2) is 13.3 Å². The number of primary sulfonamides is 1. The maximum Gasteiger partial charge on any atom is 0.269 e. The number of sulfonamides is 1. The molecule has 110 valence electrons. The lowest BCUT2D eigenvalue weighted by Crippen LogP contribution is -2.12. The molecule has 0 spiro atoms. The van der Waals surface area contributed by atoms with Gasteiger partial charge in [0.25, 0.3) is 5.69 Å². The summed E-state index contributed by atoms with van der Waals surface area (Å²) in [4.78, 5) is 10.1. The fourth-order valence-corrected chi connectivity index (χ4v) is 2.22. The summed E-state index contributed by atoms with van der Waals surface area (Å²) < 4.78 is 22.2. The third kappa shape index (κ3) is 4.01. The minimum absolute atomic E-state index is 0.0260. The zero-order valence-corrected chi connectivity index (χ0v) is 11.7. The number of non-ortho nitro benzene ring substituents is 1. The number of hydrogen-bond acceptors (Lipinski definition) is 5. The van der Waals surface area contributed by atoms with Crippen LogP contribution in [0.5, 0.6) is 0 Å². The van der Waals surface area contributed by atoms with E-state index in [-0.39, 0.29) is 10.6 Å². The summed E-state index contributed by atoms with van der Waals surface area (Å²) in [5.41, 5.74) is 1.62. The molecule has 2 rings (SSSR count). The van der Waals surface area contributed by atoms with Crippen molar-refractivity contribution in [1.29, 1.82) is 0 Å². The Bertz CT molecular complexity index is 740. The lowest BCUT2D eigenvalue weighted by molar-refractivity contribution is -0.384. The highest BCUT2D eigenvalue weighted by molar-refractivity contribution is 7.89. The number of nitrogens with two attached hydrogens (primary N) is 1. The molecule has 2 aromatic carbocycles. The van der Waals surface area contributed by atoms with E-state index in [9.17, 15) is 18.5 Å². The average molecular weight is 307 g/mol. The molecule has 0 bridgehead atoms. The van der Waals surface area contributed by atoms with Gasteiger partial charge in [-0.3, -0.25) is 10.1 Å². The molecule has 0 aromatic heterocycles. The van der Waals surface area contributed by atoms with Crippen LogP contribution in [0.4, 0.5) is 11.4 Å². The van der Waals surface area contributed by atoms with Gasteiger partial charge in [0, 0.05) is 24.4 Å². The number of anilines is 1. The minimum Gasteiger partial charge on any atom is -0.381 e. The molecule has 21 heavy (non-hydrogen) atoms. The smallest absolute Gasteiger partial charge is 0.269 e. The third-order valence-electron chi connectivity index (χ3n) is 2.83. The normalized spacial score (nSPS) is 11.1. The summed E-state index contributed by atoms with van der Waals surface area (Å²) in [6.07, 6.45) is 0. The standard InChI is InChI=1S/C13H13N3O4S/c14-21(19,20)13-7-1-10(2-8-13)9-15-11-3-5-12(6-4-11)16(17)18/h1-8,15H,9H2,(H2,14,19,20). The van der Waals surface area contributed by atoms with Crippen LogP contribution < -0.4 is 10.5 Å². The topological polar surface area (TPSA) is 115 Å². The molecule has 0 heterocycles. The Morgan fingerprint density at radius 2 is 1.62 bits per heavy atom. The van der Waals surface area contributed by atoms with Gasteiger partial charge in [-0.2, -0.15) is 0 Å². The van der Waals surface area contributed by atoms with Crippen molar-refractivity contribution in [3.8, 4) is 0 Å². The zero-order chi connectivity index (χ0) is 15.5. The highest BCUT2D eigenvalue weighted by Gasteiger charge is 2.07. The summed E-state index contributed by atoms with van der Waals surface area (Å²) >= 11 is 0. The molecule has 2 aromatic rings. The molecule has 0 saturated carbocycles. The average Bonchev–Trinajstić information content (AvgIpc) is 2.45. The van der Waals surface area contributed by atoms with Crippen LogP contribution >= 0.6 is 0 Å². The highest BCUT2D eigenvalue weighted by atomic mass is 32.2. The quantitative estimate of drug-likeness (QED) is 0.646. The number of nitro benzene ring substituents is 1. The van der Waals surface area contributed by atoms with Gasteiger partial charge < -0.3 is 5.32 Å². The molecule has 8 heteroatoms. The van der Waals surface area contributed by atoms with Gasteiger partial charge in [0.2, 0.25) is 10.0 Å². The summed E-state index contributed by atoms with van der Waals surface area (Å²) in [5.74, 6) is 0. The van der Waals surface area contributed by atoms with E-state index >= 15 is 0 Å². The number of nitro groups is 1. The summed E-state index contributed by atoms with van der Waals surface area (Å²) in [6.45, 7) is 0.461. The van der Waals surface area contributed by atoms with Gasteiger partial charge in [0.05, 0.1) is 9.82 Å². The predicted molar refractivity (Wildman–Crippen MR) is 78.2 cm³/mol. The van der Waals surface area contributed by atoms with Gasteiger partial charge in [-0.25, -0.2) is 13.6 Å². The Hall–Kier alpha value is -2.45. The maximum absolute atomic E-state index is 11.1. The minimum atomic E-state index is -3.68. The SMILES string of the molecule is NS(=O)(=O)c1ccc(CNc2ccc([N+](=O)[O-])cc2)cc1. The first-order valence-electron chi connectivity index (χ1n) is 5.96. The van der Waals surface area contributed by atoms with E-state index in [1.807, 2.05) is 0 Å². The van der Waals surface area contributed by atoms with Crippen molar-refractivity contribution in [1.82, 2.24) is 0 Å². The Morgan fingerprint density at radius 3 is 2.10 bits per heavy atom. The molecule has 3 N–H and O–H groups in total. The van der Waals surface area contributed by atoms with Crippen molar-refractivity contribution in [2.24, 2.45) is 5.14 Å². The zero-order valence-electron chi connectivity index (χ0n) is 10.9. The molecular formula is C13H13N3O4S. The van der Waals surface area contributed by atoms with E-state index in [2.05, 4.69) is 5.32 Å². The van der Waals surface area contributed by atoms with Crippen molar-refractivity contribution in [3.05, 3.63) is 64.2 Å². The van der Waals surface area contributed by atoms with Crippen LogP contribution in [0.25, 0.3) is 0 Å². The molecule has 0 amide bonds. The number of nitrogens with one attached hydrogen (secondary N) is 1. The van der Waals surface area contributed by atoms with Crippen LogP contribution in [-0.2, 0) is 16.6 Å². The monoisotopic (exact) mass is 307 g/mol. The van der Waals surface area contributed by atoms with Crippen LogP contribution in [0.2, 0.25) is 0 Å². The Kier molecular flexibility index (Phi) is 4.20.